The van der Waals surface area contributed by atoms with Gasteiger partial charge in [-0.2, -0.15) is 13.2 Å². The summed E-state index contributed by atoms with van der Waals surface area (Å²) < 4.78 is 44.9. The van der Waals surface area contributed by atoms with Gasteiger partial charge in [-0.3, -0.25) is 4.79 Å². The zero-order chi connectivity index (χ0) is 19.5. The summed E-state index contributed by atoms with van der Waals surface area (Å²) >= 11 is 8.80. The van der Waals surface area contributed by atoms with Crippen LogP contribution in [-0.2, 0) is 15.7 Å². The third kappa shape index (κ3) is 5.22. The second-order valence-corrected chi connectivity index (χ2v) is 6.58. The van der Waals surface area contributed by atoms with E-state index in [4.69, 9.17) is 16.3 Å². The van der Waals surface area contributed by atoms with Crippen LogP contribution >= 0.6 is 27.5 Å². The second kappa shape index (κ2) is 8.09. The maximum Gasteiger partial charge on any atom is 0.418 e. The van der Waals surface area contributed by atoms with Gasteiger partial charge in [0.25, 0.3) is 5.91 Å². The van der Waals surface area contributed by atoms with Crippen LogP contribution < -0.4 is 5.32 Å². The van der Waals surface area contributed by atoms with Gasteiger partial charge in [-0.1, -0.05) is 27.5 Å². The van der Waals surface area contributed by atoms with Gasteiger partial charge in [-0.15, -0.1) is 0 Å². The first-order valence-corrected chi connectivity index (χ1v) is 8.39. The van der Waals surface area contributed by atoms with Crippen LogP contribution in [0.2, 0.25) is 5.02 Å². The molecule has 138 valence electrons. The lowest BCUT2D eigenvalue weighted by molar-refractivity contribution is -0.137. The van der Waals surface area contributed by atoms with Crippen LogP contribution in [0.25, 0.3) is 0 Å². The number of esters is 1. The van der Waals surface area contributed by atoms with E-state index in [-0.39, 0.29) is 10.6 Å². The van der Waals surface area contributed by atoms with Gasteiger partial charge < -0.3 is 10.1 Å². The van der Waals surface area contributed by atoms with Crippen LogP contribution in [0.3, 0.4) is 0 Å². The molecule has 0 saturated heterocycles. The van der Waals surface area contributed by atoms with Crippen LogP contribution in [-0.4, -0.2) is 18.0 Å². The van der Waals surface area contributed by atoms with Crippen molar-refractivity contribution < 1.29 is 27.5 Å². The molecule has 0 bridgehead atoms. The van der Waals surface area contributed by atoms with E-state index < -0.39 is 35.4 Å². The fraction of sp³-hybridized carbons (Fsp3) is 0.176. The van der Waals surface area contributed by atoms with Gasteiger partial charge in [-0.25, -0.2) is 4.79 Å². The number of anilines is 1. The minimum atomic E-state index is -4.70. The van der Waals surface area contributed by atoms with E-state index >= 15 is 0 Å². The van der Waals surface area contributed by atoms with Crippen molar-refractivity contribution in [3.05, 3.63) is 63.1 Å². The zero-order valence-corrected chi connectivity index (χ0v) is 15.6. The molecular weight excluding hydrogens is 439 g/mol. The lowest BCUT2D eigenvalue weighted by Gasteiger charge is -2.17. The Morgan fingerprint density at radius 2 is 1.77 bits per heavy atom. The monoisotopic (exact) mass is 449 g/mol. The molecule has 2 rings (SSSR count). The maximum atomic E-state index is 13.0. The lowest BCUT2D eigenvalue weighted by Crippen LogP contribution is -2.30. The number of hydrogen-bond donors (Lipinski definition) is 1. The van der Waals surface area contributed by atoms with E-state index in [0.29, 0.717) is 6.07 Å². The minimum Gasteiger partial charge on any atom is -0.449 e. The van der Waals surface area contributed by atoms with Crippen molar-refractivity contribution in [3.8, 4) is 0 Å². The van der Waals surface area contributed by atoms with Gasteiger partial charge in [0.1, 0.15) is 0 Å². The Morgan fingerprint density at radius 1 is 1.15 bits per heavy atom. The summed E-state index contributed by atoms with van der Waals surface area (Å²) in [6, 6.07) is 9.15. The van der Waals surface area contributed by atoms with Crippen molar-refractivity contribution in [1.82, 2.24) is 0 Å². The summed E-state index contributed by atoms with van der Waals surface area (Å²) in [5.74, 6) is -1.67. The molecular formula is C17H12BrClF3NO3. The van der Waals surface area contributed by atoms with Crippen molar-refractivity contribution in [3.63, 3.8) is 0 Å². The Labute approximate surface area is 160 Å². The molecule has 2 aromatic carbocycles. The molecule has 0 aliphatic rings. The van der Waals surface area contributed by atoms with E-state index in [1.54, 1.807) is 12.1 Å². The number of benzene rings is 2. The molecule has 0 radical (unpaired) electrons. The largest absolute Gasteiger partial charge is 0.449 e. The first-order valence-electron chi connectivity index (χ1n) is 7.22. The van der Waals surface area contributed by atoms with Gasteiger partial charge in [0.05, 0.1) is 16.8 Å². The summed E-state index contributed by atoms with van der Waals surface area (Å²) in [7, 11) is 0. The van der Waals surface area contributed by atoms with Crippen LogP contribution in [0.5, 0.6) is 0 Å². The summed E-state index contributed by atoms with van der Waals surface area (Å²) in [6.45, 7) is 1.26. The standard InChI is InChI=1S/C17H12BrClF3NO3/c1-9(26-16(25)10-2-4-11(18)5-3-10)15(24)23-14-7-6-12(19)8-13(14)17(20,21)22/h2-9H,1H3,(H,23,24). The molecule has 4 nitrogen and oxygen atoms in total. The molecule has 0 aliphatic carbocycles. The number of alkyl halides is 3. The first-order chi connectivity index (χ1) is 12.1. The van der Waals surface area contributed by atoms with Gasteiger partial charge in [0.2, 0.25) is 0 Å². The van der Waals surface area contributed by atoms with Gasteiger partial charge >= 0.3 is 12.1 Å². The number of rotatable bonds is 4. The summed E-state index contributed by atoms with van der Waals surface area (Å²) in [5, 5.41) is 1.99. The average molecular weight is 451 g/mol. The number of ether oxygens (including phenoxy) is 1. The summed E-state index contributed by atoms with van der Waals surface area (Å²) in [4.78, 5) is 24.1. The molecule has 1 atom stereocenters. The Balaban J connectivity index is 2.10. The molecule has 26 heavy (non-hydrogen) atoms. The van der Waals surface area contributed by atoms with Crippen molar-refractivity contribution >= 4 is 45.1 Å². The minimum absolute atomic E-state index is 0.120. The molecule has 0 saturated carbocycles. The third-order valence-corrected chi connectivity index (χ3v) is 4.04. The van der Waals surface area contributed by atoms with E-state index in [9.17, 15) is 22.8 Å². The Morgan fingerprint density at radius 3 is 2.35 bits per heavy atom. The highest BCUT2D eigenvalue weighted by Gasteiger charge is 2.34. The Bertz CT molecular complexity index is 825. The van der Waals surface area contributed by atoms with Gasteiger partial charge in [0.15, 0.2) is 6.10 Å². The molecule has 0 aromatic heterocycles. The number of hydrogen-bond acceptors (Lipinski definition) is 3. The smallest absolute Gasteiger partial charge is 0.418 e. The van der Waals surface area contributed by atoms with Crippen LogP contribution in [0.4, 0.5) is 18.9 Å². The molecule has 1 N–H and O–H groups in total. The molecule has 0 fully saturated rings. The number of halogens is 5. The van der Waals surface area contributed by atoms with E-state index in [1.807, 2.05) is 0 Å². The molecule has 1 amide bonds. The third-order valence-electron chi connectivity index (χ3n) is 3.28. The van der Waals surface area contributed by atoms with Crippen molar-refractivity contribution in [2.75, 3.05) is 5.32 Å². The average Bonchev–Trinajstić information content (AvgIpc) is 2.56. The predicted molar refractivity (Wildman–Crippen MR) is 94.1 cm³/mol. The molecule has 0 spiro atoms. The zero-order valence-electron chi connectivity index (χ0n) is 13.2. The number of carbonyl (C=O) groups is 2. The molecule has 2 aromatic rings. The quantitative estimate of drug-likeness (QED) is 0.643. The molecule has 1 unspecified atom stereocenters. The van der Waals surface area contributed by atoms with E-state index in [0.717, 1.165) is 10.5 Å². The van der Waals surface area contributed by atoms with Crippen LogP contribution in [0.1, 0.15) is 22.8 Å². The van der Waals surface area contributed by atoms with Crippen molar-refractivity contribution in [2.24, 2.45) is 0 Å². The summed E-state index contributed by atoms with van der Waals surface area (Å²) in [6.07, 6.45) is -6.01. The predicted octanol–water partition coefficient (Wildman–Crippen LogP) is 5.31. The molecule has 0 heterocycles. The first kappa shape index (κ1) is 20.3. The summed E-state index contributed by atoms with van der Waals surface area (Å²) in [5.41, 5.74) is -1.36. The highest BCUT2D eigenvalue weighted by atomic mass is 79.9. The maximum absolute atomic E-state index is 13.0. The van der Waals surface area contributed by atoms with Gasteiger partial charge in [0, 0.05) is 9.50 Å². The fourth-order valence-electron chi connectivity index (χ4n) is 1.96. The van der Waals surface area contributed by atoms with Crippen LogP contribution in [0.15, 0.2) is 46.9 Å². The number of amides is 1. The van der Waals surface area contributed by atoms with Crippen LogP contribution in [0, 0.1) is 0 Å². The molecule has 0 aliphatic heterocycles. The SMILES string of the molecule is CC(OC(=O)c1ccc(Br)cc1)C(=O)Nc1ccc(Cl)cc1C(F)(F)F. The van der Waals surface area contributed by atoms with Crippen molar-refractivity contribution in [2.45, 2.75) is 19.2 Å². The van der Waals surface area contributed by atoms with Crippen molar-refractivity contribution in [1.29, 1.82) is 0 Å². The highest BCUT2D eigenvalue weighted by molar-refractivity contribution is 9.10. The topological polar surface area (TPSA) is 55.4 Å². The van der Waals surface area contributed by atoms with E-state index in [2.05, 4.69) is 21.2 Å². The Kier molecular flexibility index (Phi) is 6.30. The number of carbonyl (C=O) groups excluding carboxylic acids is 2. The lowest BCUT2D eigenvalue weighted by atomic mass is 10.1. The fourth-order valence-corrected chi connectivity index (χ4v) is 2.40. The highest BCUT2D eigenvalue weighted by Crippen LogP contribution is 2.36. The number of nitrogens with one attached hydrogen (secondary N) is 1. The van der Waals surface area contributed by atoms with E-state index in [1.165, 1.54) is 25.1 Å². The molecule has 9 heteroatoms. The second-order valence-electron chi connectivity index (χ2n) is 5.23. The normalized spacial score (nSPS) is 12.4. The Hall–Kier alpha value is -2.06. The van der Waals surface area contributed by atoms with Gasteiger partial charge in [-0.05, 0) is 49.4 Å².